The molecule has 2 aliphatic heterocycles. The molecule has 2 saturated heterocycles. The highest BCUT2D eigenvalue weighted by molar-refractivity contribution is 5.55. The predicted molar refractivity (Wildman–Crippen MR) is 133 cm³/mol. The number of aliphatic hydroxyl groups excluding tert-OH is 1. The van der Waals surface area contributed by atoms with E-state index in [4.69, 9.17) is 15.8 Å². The Morgan fingerprint density at radius 2 is 2.06 bits per heavy atom. The largest absolute Gasteiger partial charge is 0.372 e. The van der Waals surface area contributed by atoms with Crippen LogP contribution < -0.4 is 10.6 Å². The van der Waals surface area contributed by atoms with Gasteiger partial charge in [-0.2, -0.15) is 10.2 Å². The molecule has 182 valence electrons. The molecule has 1 unspecified atom stereocenters. The number of aliphatic hydroxyl groups is 1. The van der Waals surface area contributed by atoms with Crippen LogP contribution in [0.15, 0.2) is 42.7 Å². The zero-order valence-corrected chi connectivity index (χ0v) is 19.9. The lowest BCUT2D eigenvalue weighted by molar-refractivity contribution is -0.0482. The first-order valence-electron chi connectivity index (χ1n) is 12.3. The summed E-state index contributed by atoms with van der Waals surface area (Å²) in [5.41, 5.74) is 11.1. The Hall–Kier alpha value is -3.34. The van der Waals surface area contributed by atoms with Crippen LogP contribution in [0.1, 0.15) is 54.9 Å². The van der Waals surface area contributed by atoms with Crippen molar-refractivity contribution in [1.29, 1.82) is 0 Å². The molecule has 0 aromatic carbocycles. The molecule has 10 nitrogen and oxygen atoms in total. The molecule has 0 amide bonds. The van der Waals surface area contributed by atoms with Gasteiger partial charge in [-0.25, -0.2) is 9.50 Å². The smallest absolute Gasteiger partial charge is 0.157 e. The zero-order valence-electron chi connectivity index (χ0n) is 19.9. The van der Waals surface area contributed by atoms with Gasteiger partial charge in [0.2, 0.25) is 0 Å². The number of hydrogen-bond donors (Lipinski definition) is 3. The van der Waals surface area contributed by atoms with Crippen LogP contribution in [-0.2, 0) is 0 Å². The maximum Gasteiger partial charge on any atom is 0.157 e. The topological polar surface area (TPSA) is 124 Å². The number of likely N-dealkylation sites (tertiary alicyclic amines) is 1. The lowest BCUT2D eigenvalue weighted by Crippen LogP contribution is -2.37. The van der Waals surface area contributed by atoms with Gasteiger partial charge in [0.25, 0.3) is 0 Å². The summed E-state index contributed by atoms with van der Waals surface area (Å²) in [6.45, 7) is 4.61. The number of anilines is 1. The number of rotatable bonds is 5. The molecule has 4 aromatic rings. The summed E-state index contributed by atoms with van der Waals surface area (Å²) in [6.07, 6.45) is 7.00. The van der Waals surface area contributed by atoms with Crippen LogP contribution in [0, 0.1) is 6.92 Å². The van der Waals surface area contributed by atoms with Crippen molar-refractivity contribution in [2.45, 2.75) is 50.9 Å². The minimum Gasteiger partial charge on any atom is -0.372 e. The second-order valence-corrected chi connectivity index (χ2v) is 9.66. The summed E-state index contributed by atoms with van der Waals surface area (Å²) >= 11 is 0. The van der Waals surface area contributed by atoms with E-state index in [1.165, 1.54) is 0 Å². The number of aromatic amines is 1. The van der Waals surface area contributed by atoms with E-state index in [0.717, 1.165) is 79.4 Å². The Morgan fingerprint density at radius 3 is 2.86 bits per heavy atom. The number of nitrogens with zero attached hydrogens (tertiary/aromatic N) is 7. The highest BCUT2D eigenvalue weighted by Gasteiger charge is 2.33. The number of nitrogens with two attached hydrogens (primary N) is 1. The van der Waals surface area contributed by atoms with Gasteiger partial charge in [-0.3, -0.25) is 15.0 Å². The van der Waals surface area contributed by atoms with E-state index in [-0.39, 0.29) is 12.1 Å². The quantitative estimate of drug-likeness (QED) is 0.404. The summed E-state index contributed by atoms with van der Waals surface area (Å²) in [5.74, 6) is 0.983. The van der Waals surface area contributed by atoms with Gasteiger partial charge in [0.15, 0.2) is 11.9 Å². The van der Waals surface area contributed by atoms with Crippen LogP contribution in [0.2, 0.25) is 0 Å². The van der Waals surface area contributed by atoms with E-state index >= 15 is 0 Å². The fraction of sp³-hybridized carbons (Fsp3) is 0.440. The fourth-order valence-corrected chi connectivity index (χ4v) is 5.34. The minimum atomic E-state index is -0.814. The second-order valence-electron chi connectivity index (χ2n) is 9.66. The first-order chi connectivity index (χ1) is 17.1. The minimum absolute atomic E-state index is 0.00832. The number of piperidine rings is 1. The van der Waals surface area contributed by atoms with E-state index in [0.29, 0.717) is 5.69 Å². The van der Waals surface area contributed by atoms with Crippen molar-refractivity contribution in [3.05, 3.63) is 59.7 Å². The van der Waals surface area contributed by atoms with Crippen molar-refractivity contribution in [3.8, 4) is 11.4 Å². The summed E-state index contributed by atoms with van der Waals surface area (Å²) in [5, 5.41) is 23.6. The summed E-state index contributed by atoms with van der Waals surface area (Å²) in [4.78, 5) is 13.7. The van der Waals surface area contributed by atoms with Crippen molar-refractivity contribution in [2.75, 3.05) is 24.5 Å². The molecular weight excluding hydrogens is 442 g/mol. The molecule has 3 atom stereocenters. The maximum atomic E-state index is 11.3. The highest BCUT2D eigenvalue weighted by atomic mass is 16.3. The van der Waals surface area contributed by atoms with E-state index in [2.05, 4.69) is 38.0 Å². The van der Waals surface area contributed by atoms with Gasteiger partial charge in [-0.05, 0) is 44.4 Å². The van der Waals surface area contributed by atoms with Crippen LogP contribution in [0.5, 0.6) is 0 Å². The van der Waals surface area contributed by atoms with Gasteiger partial charge >= 0.3 is 0 Å². The van der Waals surface area contributed by atoms with Gasteiger partial charge in [0.1, 0.15) is 11.5 Å². The zero-order chi connectivity index (χ0) is 23.9. The van der Waals surface area contributed by atoms with Crippen LogP contribution >= 0.6 is 0 Å². The van der Waals surface area contributed by atoms with Crippen molar-refractivity contribution < 1.29 is 5.11 Å². The molecule has 2 aliphatic rings. The van der Waals surface area contributed by atoms with E-state index in [9.17, 15) is 5.11 Å². The SMILES string of the molecule is Cc1cn2nc([C@@H]3CCCCN3C(O)c3cc(-c4ccccn4)n[nH]3)cc2nc1N1CC[C@H](N)C1. The number of nitrogens with one attached hydrogen (secondary N) is 1. The average Bonchev–Trinajstić information content (AvgIpc) is 3.63. The Bertz CT molecular complexity index is 1320. The lowest BCUT2D eigenvalue weighted by Gasteiger charge is -2.37. The van der Waals surface area contributed by atoms with Gasteiger partial charge < -0.3 is 15.7 Å². The lowest BCUT2D eigenvalue weighted by atomic mass is 9.98. The third-order valence-corrected chi connectivity index (χ3v) is 7.15. The average molecular weight is 474 g/mol. The number of fused-ring (bicyclic) bond motifs is 1. The van der Waals surface area contributed by atoms with Crippen LogP contribution in [0.25, 0.3) is 17.0 Å². The van der Waals surface area contributed by atoms with Crippen molar-refractivity contribution in [1.82, 2.24) is 34.7 Å². The molecule has 10 heteroatoms. The van der Waals surface area contributed by atoms with Crippen molar-refractivity contribution in [3.63, 3.8) is 0 Å². The molecule has 4 aromatic heterocycles. The second kappa shape index (κ2) is 9.03. The van der Waals surface area contributed by atoms with Crippen LogP contribution in [0.3, 0.4) is 0 Å². The Kier molecular flexibility index (Phi) is 5.71. The van der Waals surface area contributed by atoms with Crippen molar-refractivity contribution in [2.24, 2.45) is 5.73 Å². The number of aryl methyl sites for hydroxylation is 1. The summed E-state index contributed by atoms with van der Waals surface area (Å²) in [7, 11) is 0. The molecular formula is C25H31N9O. The number of hydrogen-bond acceptors (Lipinski definition) is 8. The van der Waals surface area contributed by atoms with Gasteiger partial charge in [-0.1, -0.05) is 12.5 Å². The number of H-pyrrole nitrogens is 1. The molecule has 0 radical (unpaired) electrons. The molecule has 0 spiro atoms. The first kappa shape index (κ1) is 22.1. The van der Waals surface area contributed by atoms with E-state index in [1.54, 1.807) is 6.20 Å². The molecule has 0 bridgehead atoms. The predicted octanol–water partition coefficient (Wildman–Crippen LogP) is 2.58. The monoisotopic (exact) mass is 473 g/mol. The third-order valence-electron chi connectivity index (χ3n) is 7.15. The van der Waals surface area contributed by atoms with Gasteiger partial charge in [0, 0.05) is 49.7 Å². The summed E-state index contributed by atoms with van der Waals surface area (Å²) in [6, 6.07) is 9.83. The van der Waals surface area contributed by atoms with Crippen LogP contribution in [-0.4, -0.2) is 65.5 Å². The van der Waals surface area contributed by atoms with Crippen molar-refractivity contribution >= 4 is 11.5 Å². The Labute approximate surface area is 203 Å². The van der Waals surface area contributed by atoms with E-state index in [1.807, 2.05) is 35.0 Å². The Morgan fingerprint density at radius 1 is 1.14 bits per heavy atom. The standard InChI is InChI=1S/C25H31N9O/c1-16-14-34-23(28-24(16)32-11-8-17(26)15-32)13-20(31-34)22-7-3-5-10-33(22)25(35)21-12-19(29-30-21)18-6-2-4-9-27-18/h2,4,6,9,12-14,17,22,25,35H,3,5,7-8,10-11,15,26H2,1H3,(H,29,30)/t17-,22-,25?/m0/s1. The van der Waals surface area contributed by atoms with Gasteiger partial charge in [-0.15, -0.1) is 0 Å². The molecule has 35 heavy (non-hydrogen) atoms. The molecule has 6 heterocycles. The molecule has 0 saturated carbocycles. The highest BCUT2D eigenvalue weighted by Crippen LogP contribution is 2.36. The van der Waals surface area contributed by atoms with Crippen LogP contribution in [0.4, 0.5) is 5.82 Å². The third kappa shape index (κ3) is 4.18. The normalized spacial score (nSPS) is 22.2. The number of aromatic nitrogens is 6. The molecule has 0 aliphatic carbocycles. The molecule has 4 N–H and O–H groups in total. The first-order valence-corrected chi connectivity index (χ1v) is 12.3. The fourth-order valence-electron chi connectivity index (χ4n) is 5.34. The molecule has 6 rings (SSSR count). The van der Waals surface area contributed by atoms with E-state index < -0.39 is 6.23 Å². The molecule has 2 fully saturated rings. The Balaban J connectivity index is 1.28. The maximum absolute atomic E-state index is 11.3. The summed E-state index contributed by atoms with van der Waals surface area (Å²) < 4.78 is 1.86. The number of pyridine rings is 1. The van der Waals surface area contributed by atoms with Gasteiger partial charge in [0.05, 0.1) is 23.1 Å².